The van der Waals surface area contributed by atoms with Crippen LogP contribution < -0.4 is 5.32 Å². The van der Waals surface area contributed by atoms with Gasteiger partial charge in [0, 0.05) is 24.8 Å². The van der Waals surface area contributed by atoms with E-state index in [9.17, 15) is 4.79 Å². The summed E-state index contributed by atoms with van der Waals surface area (Å²) < 4.78 is 0. The zero-order valence-electron chi connectivity index (χ0n) is 9.67. The first-order chi connectivity index (χ1) is 6.60. The van der Waals surface area contributed by atoms with Gasteiger partial charge in [-0.15, -0.1) is 0 Å². The maximum absolute atomic E-state index is 11.4. The molecule has 0 aromatic carbocycles. The minimum Gasteiger partial charge on any atom is -0.356 e. The molecule has 14 heavy (non-hydrogen) atoms. The first-order valence-electron chi connectivity index (χ1n) is 5.13. The fourth-order valence-corrected chi connectivity index (χ4v) is 2.44. The van der Waals surface area contributed by atoms with Crippen molar-refractivity contribution in [1.82, 2.24) is 10.2 Å². The van der Waals surface area contributed by atoms with E-state index in [0.717, 1.165) is 18.8 Å². The van der Waals surface area contributed by atoms with Crippen LogP contribution in [-0.4, -0.2) is 49.0 Å². The molecule has 3 nitrogen and oxygen atoms in total. The third kappa shape index (κ3) is 7.21. The van der Waals surface area contributed by atoms with E-state index in [-0.39, 0.29) is 5.91 Å². The van der Waals surface area contributed by atoms with E-state index in [0.29, 0.717) is 11.7 Å². The van der Waals surface area contributed by atoms with E-state index in [1.54, 1.807) is 0 Å². The number of hydrogen-bond acceptors (Lipinski definition) is 3. The summed E-state index contributed by atoms with van der Waals surface area (Å²) in [7, 11) is 4.09. The van der Waals surface area contributed by atoms with Crippen LogP contribution in [0.1, 0.15) is 20.3 Å². The highest BCUT2D eigenvalue weighted by Gasteiger charge is 2.13. The second-order valence-corrected chi connectivity index (χ2v) is 5.07. The van der Waals surface area contributed by atoms with Crippen LogP contribution in [-0.2, 0) is 4.79 Å². The molecule has 4 heteroatoms. The summed E-state index contributed by atoms with van der Waals surface area (Å²) in [5, 5.41) is 3.25. The second-order valence-electron chi connectivity index (χ2n) is 3.50. The maximum atomic E-state index is 11.4. The van der Waals surface area contributed by atoms with Gasteiger partial charge in [-0.25, -0.2) is 0 Å². The first-order valence-corrected chi connectivity index (χ1v) is 6.18. The Morgan fingerprint density at radius 3 is 2.50 bits per heavy atom. The zero-order valence-corrected chi connectivity index (χ0v) is 10.5. The van der Waals surface area contributed by atoms with E-state index in [2.05, 4.69) is 17.1 Å². The molecule has 0 bridgehead atoms. The number of thioether (sulfide) groups is 1. The Labute approximate surface area is 91.6 Å². The summed E-state index contributed by atoms with van der Waals surface area (Å²) >= 11 is 1.86. The molecule has 1 N–H and O–H groups in total. The molecular weight excluding hydrogens is 196 g/mol. The van der Waals surface area contributed by atoms with E-state index < -0.39 is 0 Å². The van der Waals surface area contributed by atoms with Crippen molar-refractivity contribution in [2.24, 2.45) is 0 Å². The van der Waals surface area contributed by atoms with E-state index in [1.807, 2.05) is 32.8 Å². The molecule has 0 spiro atoms. The van der Waals surface area contributed by atoms with Crippen LogP contribution in [0.4, 0.5) is 0 Å². The van der Waals surface area contributed by atoms with Gasteiger partial charge in [0.1, 0.15) is 0 Å². The number of carbonyl (C=O) groups is 1. The van der Waals surface area contributed by atoms with Gasteiger partial charge >= 0.3 is 0 Å². The smallest absolute Gasteiger partial charge is 0.221 e. The number of rotatable bonds is 7. The molecule has 0 saturated heterocycles. The molecule has 0 heterocycles. The third-order valence-electron chi connectivity index (χ3n) is 1.76. The van der Waals surface area contributed by atoms with Gasteiger partial charge in [0.25, 0.3) is 0 Å². The van der Waals surface area contributed by atoms with Crippen LogP contribution in [0.25, 0.3) is 0 Å². The molecule has 0 rings (SSSR count). The molecular formula is C10H22N2OS. The molecule has 0 fully saturated rings. The summed E-state index contributed by atoms with van der Waals surface area (Å²) in [6.45, 7) is 5.77. The lowest BCUT2D eigenvalue weighted by molar-refractivity contribution is -0.121. The number of amides is 1. The van der Waals surface area contributed by atoms with Gasteiger partial charge in [0.15, 0.2) is 0 Å². The minimum absolute atomic E-state index is 0.167. The summed E-state index contributed by atoms with van der Waals surface area (Å²) in [6.07, 6.45) is 0.629. The number of nitrogens with one attached hydrogen (secondary N) is 1. The summed E-state index contributed by atoms with van der Waals surface area (Å²) in [4.78, 5) is 13.5. The lowest BCUT2D eigenvalue weighted by atomic mass is 10.3. The molecule has 1 atom stereocenters. The zero-order chi connectivity index (χ0) is 11.0. The molecule has 0 aliphatic rings. The van der Waals surface area contributed by atoms with Crippen LogP contribution in [0.5, 0.6) is 0 Å². The van der Waals surface area contributed by atoms with Crippen molar-refractivity contribution in [3.63, 3.8) is 0 Å². The van der Waals surface area contributed by atoms with Gasteiger partial charge in [0.2, 0.25) is 5.91 Å². The maximum Gasteiger partial charge on any atom is 0.221 e. The topological polar surface area (TPSA) is 32.3 Å². The van der Waals surface area contributed by atoms with Crippen molar-refractivity contribution in [3.8, 4) is 0 Å². The molecule has 0 aromatic heterocycles. The van der Waals surface area contributed by atoms with Gasteiger partial charge in [-0.2, -0.15) is 11.8 Å². The Balaban J connectivity index is 3.88. The van der Waals surface area contributed by atoms with Crippen molar-refractivity contribution >= 4 is 17.7 Å². The Bertz CT molecular complexity index is 162. The quantitative estimate of drug-likeness (QED) is 0.697. The monoisotopic (exact) mass is 218 g/mol. The Kier molecular flexibility index (Phi) is 7.99. The first kappa shape index (κ1) is 13.8. The van der Waals surface area contributed by atoms with Crippen molar-refractivity contribution < 1.29 is 4.79 Å². The van der Waals surface area contributed by atoms with E-state index >= 15 is 0 Å². The molecule has 0 saturated carbocycles. The highest BCUT2D eigenvalue weighted by Crippen LogP contribution is 2.14. The standard InChI is InChI=1S/C10H22N2OS/c1-5-11-10(13)7-9(14-6-2)8-12(3)4/h9H,5-8H2,1-4H3,(H,11,13). The molecule has 0 radical (unpaired) electrons. The van der Waals surface area contributed by atoms with E-state index in [1.165, 1.54) is 0 Å². The van der Waals surface area contributed by atoms with Crippen molar-refractivity contribution in [3.05, 3.63) is 0 Å². The number of nitrogens with zero attached hydrogens (tertiary/aromatic N) is 1. The van der Waals surface area contributed by atoms with Crippen molar-refractivity contribution in [1.29, 1.82) is 0 Å². The largest absolute Gasteiger partial charge is 0.356 e. The van der Waals surface area contributed by atoms with Gasteiger partial charge in [-0.3, -0.25) is 4.79 Å². The van der Waals surface area contributed by atoms with Crippen LogP contribution in [0.3, 0.4) is 0 Å². The predicted molar refractivity (Wildman–Crippen MR) is 63.8 cm³/mol. The Morgan fingerprint density at radius 1 is 1.43 bits per heavy atom. The van der Waals surface area contributed by atoms with Crippen LogP contribution >= 0.6 is 11.8 Å². The van der Waals surface area contributed by atoms with Gasteiger partial charge in [-0.1, -0.05) is 6.92 Å². The lowest BCUT2D eigenvalue weighted by Crippen LogP contribution is -2.31. The normalized spacial score (nSPS) is 12.9. The van der Waals surface area contributed by atoms with Crippen LogP contribution in [0.2, 0.25) is 0 Å². The minimum atomic E-state index is 0.167. The molecule has 1 amide bonds. The highest BCUT2D eigenvalue weighted by molar-refractivity contribution is 7.99. The molecule has 0 aliphatic heterocycles. The average Bonchev–Trinajstić information content (AvgIpc) is 2.03. The van der Waals surface area contributed by atoms with Gasteiger partial charge in [0.05, 0.1) is 0 Å². The van der Waals surface area contributed by atoms with Crippen molar-refractivity contribution in [2.45, 2.75) is 25.5 Å². The van der Waals surface area contributed by atoms with E-state index in [4.69, 9.17) is 0 Å². The summed E-state index contributed by atoms with van der Waals surface area (Å²) in [5.41, 5.74) is 0. The Hall–Kier alpha value is -0.220. The highest BCUT2D eigenvalue weighted by atomic mass is 32.2. The molecule has 0 aromatic rings. The van der Waals surface area contributed by atoms with Crippen LogP contribution in [0, 0.1) is 0 Å². The fourth-order valence-electron chi connectivity index (χ4n) is 1.30. The average molecular weight is 218 g/mol. The van der Waals surface area contributed by atoms with Gasteiger partial charge < -0.3 is 10.2 Å². The van der Waals surface area contributed by atoms with Crippen molar-refractivity contribution in [2.75, 3.05) is 32.9 Å². The van der Waals surface area contributed by atoms with Crippen LogP contribution in [0.15, 0.2) is 0 Å². The fraction of sp³-hybridized carbons (Fsp3) is 0.900. The molecule has 84 valence electrons. The number of carbonyl (C=O) groups excluding carboxylic acids is 1. The molecule has 1 unspecified atom stereocenters. The third-order valence-corrected chi connectivity index (χ3v) is 2.88. The van der Waals surface area contributed by atoms with Gasteiger partial charge in [-0.05, 0) is 26.8 Å². The second kappa shape index (κ2) is 8.12. The number of hydrogen-bond donors (Lipinski definition) is 1. The molecule has 0 aliphatic carbocycles. The Morgan fingerprint density at radius 2 is 2.07 bits per heavy atom. The summed E-state index contributed by atoms with van der Waals surface area (Å²) in [6, 6.07) is 0. The lowest BCUT2D eigenvalue weighted by Gasteiger charge is -2.19. The SMILES string of the molecule is CCNC(=O)CC(CN(C)C)SCC. The summed E-state index contributed by atoms with van der Waals surface area (Å²) in [5.74, 6) is 1.23. The predicted octanol–water partition coefficient (Wildman–Crippen LogP) is 1.20.